The van der Waals surface area contributed by atoms with E-state index in [-0.39, 0.29) is 29.5 Å². The molecular formula is C24H27N3O4. The topological polar surface area (TPSA) is 100 Å². The Labute approximate surface area is 182 Å². The van der Waals surface area contributed by atoms with Gasteiger partial charge in [0.25, 0.3) is 5.91 Å². The number of nitrogens with one attached hydrogen (secondary N) is 2. The number of amides is 1. The van der Waals surface area contributed by atoms with Gasteiger partial charge >= 0.3 is 5.97 Å². The average Bonchev–Trinajstić information content (AvgIpc) is 2.76. The SMILES string of the molecule is CCOC(=O)c1ccccc1NC(=O)/C(C#N)=C\NC(C)c1cc(C)ccc1OCC. The summed E-state index contributed by atoms with van der Waals surface area (Å²) in [5, 5.41) is 15.2. The quantitative estimate of drug-likeness (QED) is 0.356. The van der Waals surface area contributed by atoms with Crippen LogP contribution in [0, 0.1) is 18.3 Å². The van der Waals surface area contributed by atoms with Gasteiger partial charge in [-0.1, -0.05) is 29.8 Å². The Bertz CT molecular complexity index is 1010. The van der Waals surface area contributed by atoms with Gasteiger partial charge in [-0.2, -0.15) is 5.26 Å². The monoisotopic (exact) mass is 421 g/mol. The smallest absolute Gasteiger partial charge is 0.340 e. The molecule has 0 spiro atoms. The standard InChI is InChI=1S/C24H27N3O4/c1-5-30-22-12-11-16(3)13-20(22)17(4)26-15-18(14-25)23(28)27-21-10-8-7-9-19(21)24(29)31-6-2/h7-13,15,17,26H,5-6H2,1-4H3,(H,27,28)/b18-15-. The summed E-state index contributed by atoms with van der Waals surface area (Å²) in [7, 11) is 0. The van der Waals surface area contributed by atoms with Gasteiger partial charge in [-0.25, -0.2) is 4.79 Å². The number of nitrogens with zero attached hydrogens (tertiary/aromatic N) is 1. The van der Waals surface area contributed by atoms with Crippen molar-refractivity contribution in [1.82, 2.24) is 5.32 Å². The first-order valence-corrected chi connectivity index (χ1v) is 10.1. The van der Waals surface area contributed by atoms with E-state index in [1.165, 1.54) is 6.20 Å². The van der Waals surface area contributed by atoms with E-state index < -0.39 is 11.9 Å². The zero-order chi connectivity index (χ0) is 22.8. The van der Waals surface area contributed by atoms with Crippen LogP contribution in [0.2, 0.25) is 0 Å². The van der Waals surface area contributed by atoms with Crippen molar-refractivity contribution in [2.45, 2.75) is 33.7 Å². The maximum atomic E-state index is 12.6. The van der Waals surface area contributed by atoms with Gasteiger partial charge in [0.05, 0.1) is 30.5 Å². The van der Waals surface area contributed by atoms with Crippen LogP contribution in [0.4, 0.5) is 5.69 Å². The number of benzene rings is 2. The molecule has 0 aliphatic carbocycles. The number of esters is 1. The molecule has 1 amide bonds. The fourth-order valence-electron chi connectivity index (χ4n) is 2.91. The minimum atomic E-state index is -0.631. The zero-order valence-electron chi connectivity index (χ0n) is 18.2. The summed E-state index contributed by atoms with van der Waals surface area (Å²) in [6, 6.07) is 14.0. The molecule has 2 rings (SSSR count). The van der Waals surface area contributed by atoms with Crippen LogP contribution in [0.15, 0.2) is 54.2 Å². The lowest BCUT2D eigenvalue weighted by molar-refractivity contribution is -0.112. The maximum absolute atomic E-state index is 12.6. The molecule has 0 aliphatic rings. The molecule has 1 atom stereocenters. The number of nitriles is 1. The number of ether oxygens (including phenoxy) is 2. The van der Waals surface area contributed by atoms with Crippen LogP contribution in [0.3, 0.4) is 0 Å². The second-order valence-corrected chi connectivity index (χ2v) is 6.75. The molecule has 0 fully saturated rings. The van der Waals surface area contributed by atoms with Crippen molar-refractivity contribution in [2.24, 2.45) is 0 Å². The lowest BCUT2D eigenvalue weighted by atomic mass is 10.0. The molecule has 2 aromatic rings. The molecule has 0 bridgehead atoms. The van der Waals surface area contributed by atoms with Crippen LogP contribution in [-0.2, 0) is 9.53 Å². The van der Waals surface area contributed by atoms with E-state index in [4.69, 9.17) is 9.47 Å². The second-order valence-electron chi connectivity index (χ2n) is 6.75. The third-order valence-corrected chi connectivity index (χ3v) is 4.44. The molecule has 1 unspecified atom stereocenters. The third-order valence-electron chi connectivity index (χ3n) is 4.44. The van der Waals surface area contributed by atoms with Crippen LogP contribution < -0.4 is 15.4 Å². The fourth-order valence-corrected chi connectivity index (χ4v) is 2.91. The Morgan fingerprint density at radius 1 is 1.16 bits per heavy atom. The number of carbonyl (C=O) groups excluding carboxylic acids is 2. The van der Waals surface area contributed by atoms with E-state index >= 15 is 0 Å². The largest absolute Gasteiger partial charge is 0.494 e. The van der Waals surface area contributed by atoms with Crippen LogP contribution in [0.25, 0.3) is 0 Å². The van der Waals surface area contributed by atoms with Crippen LogP contribution >= 0.6 is 0 Å². The van der Waals surface area contributed by atoms with Crippen LogP contribution in [-0.4, -0.2) is 25.1 Å². The first-order valence-electron chi connectivity index (χ1n) is 10.1. The number of carbonyl (C=O) groups is 2. The normalized spacial score (nSPS) is 11.8. The molecule has 0 saturated carbocycles. The van der Waals surface area contributed by atoms with Crippen LogP contribution in [0.5, 0.6) is 5.75 Å². The molecule has 2 aromatic carbocycles. The Balaban J connectivity index is 2.18. The molecule has 0 radical (unpaired) electrons. The molecule has 7 heteroatoms. The van der Waals surface area contributed by atoms with Crippen molar-refractivity contribution >= 4 is 17.6 Å². The summed E-state index contributed by atoms with van der Waals surface area (Å²) in [5.74, 6) is -0.434. The van der Waals surface area contributed by atoms with E-state index in [1.807, 2.05) is 45.0 Å². The summed E-state index contributed by atoms with van der Waals surface area (Å²) in [4.78, 5) is 24.7. The molecule has 31 heavy (non-hydrogen) atoms. The first-order chi connectivity index (χ1) is 14.9. The van der Waals surface area contributed by atoms with Crippen molar-refractivity contribution in [1.29, 1.82) is 5.26 Å². The molecule has 2 N–H and O–H groups in total. The van der Waals surface area contributed by atoms with E-state index in [0.717, 1.165) is 16.9 Å². The highest BCUT2D eigenvalue weighted by molar-refractivity contribution is 6.09. The number of anilines is 1. The minimum absolute atomic E-state index is 0.129. The van der Waals surface area contributed by atoms with Crippen molar-refractivity contribution < 1.29 is 19.1 Å². The van der Waals surface area contributed by atoms with Crippen molar-refractivity contribution in [3.05, 3.63) is 70.9 Å². The van der Waals surface area contributed by atoms with E-state index in [2.05, 4.69) is 10.6 Å². The molecule has 7 nitrogen and oxygen atoms in total. The van der Waals surface area contributed by atoms with E-state index in [1.54, 1.807) is 31.2 Å². The number of rotatable bonds is 9. The Morgan fingerprint density at radius 2 is 1.90 bits per heavy atom. The van der Waals surface area contributed by atoms with Crippen molar-refractivity contribution in [3.63, 3.8) is 0 Å². The molecule has 0 aromatic heterocycles. The lowest BCUT2D eigenvalue weighted by Crippen LogP contribution is -2.20. The molecule has 0 saturated heterocycles. The summed E-state index contributed by atoms with van der Waals surface area (Å²) in [6.07, 6.45) is 1.37. The minimum Gasteiger partial charge on any atom is -0.494 e. The molecule has 0 heterocycles. The third kappa shape index (κ3) is 6.34. The Kier molecular flexibility index (Phi) is 8.64. The Morgan fingerprint density at radius 3 is 2.58 bits per heavy atom. The highest BCUT2D eigenvalue weighted by atomic mass is 16.5. The summed E-state index contributed by atoms with van der Waals surface area (Å²) in [5.41, 5.74) is 2.36. The van der Waals surface area contributed by atoms with Crippen molar-refractivity contribution in [2.75, 3.05) is 18.5 Å². The summed E-state index contributed by atoms with van der Waals surface area (Å²) in [6.45, 7) is 8.26. The molecule has 162 valence electrons. The van der Waals surface area contributed by atoms with Gasteiger partial charge in [0.15, 0.2) is 0 Å². The van der Waals surface area contributed by atoms with Gasteiger partial charge in [-0.3, -0.25) is 4.79 Å². The van der Waals surface area contributed by atoms with E-state index in [9.17, 15) is 14.9 Å². The van der Waals surface area contributed by atoms with Gasteiger partial charge in [-0.05, 0) is 45.9 Å². The Hall–Kier alpha value is -3.79. The number of aryl methyl sites for hydroxylation is 1. The predicted octanol–water partition coefficient (Wildman–Crippen LogP) is 4.27. The second kappa shape index (κ2) is 11.4. The lowest BCUT2D eigenvalue weighted by Gasteiger charge is -2.18. The van der Waals surface area contributed by atoms with Crippen molar-refractivity contribution in [3.8, 4) is 11.8 Å². The van der Waals surface area contributed by atoms with Gasteiger partial charge in [0, 0.05) is 11.8 Å². The zero-order valence-corrected chi connectivity index (χ0v) is 18.2. The molecular weight excluding hydrogens is 394 g/mol. The van der Waals surface area contributed by atoms with E-state index in [0.29, 0.717) is 6.61 Å². The summed E-state index contributed by atoms with van der Waals surface area (Å²) < 4.78 is 10.7. The number of hydrogen-bond acceptors (Lipinski definition) is 6. The van der Waals surface area contributed by atoms with Gasteiger partial charge in [-0.15, -0.1) is 0 Å². The number of hydrogen-bond donors (Lipinski definition) is 2. The maximum Gasteiger partial charge on any atom is 0.340 e. The first kappa shape index (κ1) is 23.5. The number of para-hydroxylation sites is 1. The summed E-state index contributed by atoms with van der Waals surface area (Å²) >= 11 is 0. The van der Waals surface area contributed by atoms with Gasteiger partial charge < -0.3 is 20.1 Å². The van der Waals surface area contributed by atoms with Gasteiger partial charge in [0.1, 0.15) is 17.4 Å². The average molecular weight is 421 g/mol. The van der Waals surface area contributed by atoms with Crippen LogP contribution in [0.1, 0.15) is 48.3 Å². The predicted molar refractivity (Wildman–Crippen MR) is 119 cm³/mol. The fraction of sp³-hybridized carbons (Fsp3) is 0.292. The molecule has 0 aliphatic heterocycles. The van der Waals surface area contributed by atoms with Gasteiger partial charge in [0.2, 0.25) is 0 Å². The highest BCUT2D eigenvalue weighted by Gasteiger charge is 2.17. The highest BCUT2D eigenvalue weighted by Crippen LogP contribution is 2.26.